The van der Waals surface area contributed by atoms with E-state index in [0.717, 1.165) is 0 Å². The van der Waals surface area contributed by atoms with Crippen molar-refractivity contribution in [2.45, 2.75) is 92.3 Å². The van der Waals surface area contributed by atoms with Crippen LogP contribution in [0, 0.1) is 33.5 Å². The summed E-state index contributed by atoms with van der Waals surface area (Å²) in [4.78, 5) is 0. The van der Waals surface area contributed by atoms with Crippen molar-refractivity contribution in [1.29, 1.82) is 0 Å². The molecular formula is C20H34O3S. The fraction of sp³-hybridized carbons (Fsp3) is 1.00. The Morgan fingerprint density at radius 3 is 1.42 bits per heavy atom. The molecule has 6 unspecified atom stereocenters. The van der Waals surface area contributed by atoms with Crippen LogP contribution >= 0.6 is 0 Å². The second-order valence-electron chi connectivity index (χ2n) is 11.0. The average Bonchev–Trinajstić information content (AvgIpc) is 3.13. The van der Waals surface area contributed by atoms with Crippen LogP contribution < -0.4 is 0 Å². The van der Waals surface area contributed by atoms with Gasteiger partial charge in [0.15, 0.2) is 0 Å². The van der Waals surface area contributed by atoms with E-state index in [1.165, 1.54) is 38.5 Å². The Kier molecular flexibility index (Phi) is 3.69. The first kappa shape index (κ1) is 17.5. The summed E-state index contributed by atoms with van der Waals surface area (Å²) in [7, 11) is 0. The molecule has 0 aliphatic heterocycles. The molecular weight excluding hydrogens is 320 g/mol. The maximum atomic E-state index is 12.8. The summed E-state index contributed by atoms with van der Waals surface area (Å²) < 4.78 is 25.1. The average molecular weight is 355 g/mol. The van der Waals surface area contributed by atoms with E-state index in [2.05, 4.69) is 41.5 Å². The smallest absolute Gasteiger partial charge is 0.264 e. The molecule has 0 aromatic rings. The van der Waals surface area contributed by atoms with Gasteiger partial charge in [0, 0.05) is 0 Å². The zero-order chi connectivity index (χ0) is 17.5. The summed E-state index contributed by atoms with van der Waals surface area (Å²) in [5.74, 6) is 1.39. The molecule has 4 rings (SSSR count). The minimum atomic E-state index is -1.65. The molecule has 4 saturated carbocycles. The lowest BCUT2D eigenvalue weighted by Gasteiger charge is -2.43. The molecule has 4 bridgehead atoms. The standard InChI is InChI=1S/C20H34O3S/c1-17(2)13-7-9-19(5,11-13)15(17)22-24(21)23-16-18(3,4)14-8-10-20(16,6)12-14/h13-16H,7-12H2,1-6H3. The van der Waals surface area contributed by atoms with Crippen molar-refractivity contribution in [1.82, 2.24) is 0 Å². The van der Waals surface area contributed by atoms with E-state index in [1.54, 1.807) is 0 Å². The van der Waals surface area contributed by atoms with Crippen LogP contribution in [0.2, 0.25) is 0 Å². The molecule has 138 valence electrons. The van der Waals surface area contributed by atoms with Crippen molar-refractivity contribution in [3.8, 4) is 0 Å². The van der Waals surface area contributed by atoms with Crippen molar-refractivity contribution in [2.24, 2.45) is 33.5 Å². The normalized spacial score (nSPS) is 52.1. The highest BCUT2D eigenvalue weighted by Gasteiger charge is 2.63. The quantitative estimate of drug-likeness (QED) is 0.710. The molecule has 4 aliphatic carbocycles. The van der Waals surface area contributed by atoms with Gasteiger partial charge in [0.25, 0.3) is 0 Å². The Morgan fingerprint density at radius 1 is 0.750 bits per heavy atom. The maximum Gasteiger partial charge on any atom is 0.305 e. The molecule has 0 spiro atoms. The molecule has 0 N–H and O–H groups in total. The first-order valence-corrected chi connectivity index (χ1v) is 10.8. The first-order chi connectivity index (χ1) is 11.0. The first-order valence-electron chi connectivity index (χ1n) is 9.75. The lowest BCUT2D eigenvalue weighted by atomic mass is 9.70. The van der Waals surface area contributed by atoms with Gasteiger partial charge in [0.2, 0.25) is 0 Å². The molecule has 4 aliphatic rings. The summed E-state index contributed by atoms with van der Waals surface area (Å²) in [6.45, 7) is 13.8. The van der Waals surface area contributed by atoms with Crippen molar-refractivity contribution in [3.05, 3.63) is 0 Å². The molecule has 0 heterocycles. The summed E-state index contributed by atoms with van der Waals surface area (Å²) >= 11 is -1.65. The summed E-state index contributed by atoms with van der Waals surface area (Å²) in [5, 5.41) is 0. The lowest BCUT2D eigenvalue weighted by Crippen LogP contribution is -2.46. The highest BCUT2D eigenvalue weighted by molar-refractivity contribution is 7.75. The zero-order valence-electron chi connectivity index (χ0n) is 16.2. The topological polar surface area (TPSA) is 35.5 Å². The van der Waals surface area contributed by atoms with E-state index in [4.69, 9.17) is 8.37 Å². The van der Waals surface area contributed by atoms with Crippen molar-refractivity contribution >= 4 is 11.4 Å². The molecule has 0 saturated heterocycles. The Hall–Kier alpha value is 0.0700. The van der Waals surface area contributed by atoms with Gasteiger partial charge < -0.3 is 0 Å². The van der Waals surface area contributed by atoms with Crippen LogP contribution in [0.25, 0.3) is 0 Å². The van der Waals surface area contributed by atoms with E-state index in [0.29, 0.717) is 11.8 Å². The number of hydrogen-bond acceptors (Lipinski definition) is 3. The fourth-order valence-corrected chi connectivity index (χ4v) is 8.49. The Balaban J connectivity index is 1.48. The highest BCUT2D eigenvalue weighted by Crippen LogP contribution is 2.65. The van der Waals surface area contributed by atoms with E-state index < -0.39 is 11.4 Å². The van der Waals surface area contributed by atoms with Gasteiger partial charge in [0.05, 0.1) is 12.2 Å². The SMILES string of the molecule is CC12CCC(C1)C(C)(C)C2OS(=O)OC1C2(C)CCC(C2)C1(C)C. The zero-order valence-corrected chi connectivity index (χ0v) is 17.0. The second kappa shape index (κ2) is 5.07. The molecule has 0 radical (unpaired) electrons. The van der Waals surface area contributed by atoms with Crippen LogP contribution in [0.1, 0.15) is 80.1 Å². The molecule has 24 heavy (non-hydrogen) atoms. The third-order valence-electron chi connectivity index (χ3n) is 8.62. The van der Waals surface area contributed by atoms with Crippen LogP contribution in [0.3, 0.4) is 0 Å². The van der Waals surface area contributed by atoms with Crippen LogP contribution in [-0.4, -0.2) is 16.4 Å². The predicted octanol–water partition coefficient (Wildman–Crippen LogP) is 5.03. The van der Waals surface area contributed by atoms with E-state index in [1.807, 2.05) is 0 Å². The van der Waals surface area contributed by atoms with Gasteiger partial charge in [-0.1, -0.05) is 41.5 Å². The van der Waals surface area contributed by atoms with Gasteiger partial charge in [-0.25, -0.2) is 0 Å². The van der Waals surface area contributed by atoms with Gasteiger partial charge in [-0.3, -0.25) is 8.37 Å². The Labute approximate surface area is 150 Å². The van der Waals surface area contributed by atoms with Crippen LogP contribution in [0.15, 0.2) is 0 Å². The Morgan fingerprint density at radius 2 is 1.12 bits per heavy atom. The third-order valence-corrected chi connectivity index (χ3v) is 9.32. The fourth-order valence-electron chi connectivity index (χ4n) is 7.17. The van der Waals surface area contributed by atoms with E-state index in [9.17, 15) is 4.21 Å². The van der Waals surface area contributed by atoms with Crippen molar-refractivity contribution in [2.75, 3.05) is 0 Å². The number of hydrogen-bond donors (Lipinski definition) is 0. The van der Waals surface area contributed by atoms with Gasteiger partial charge in [0.1, 0.15) is 0 Å². The van der Waals surface area contributed by atoms with Gasteiger partial charge in [-0.2, -0.15) is 4.21 Å². The van der Waals surface area contributed by atoms with Gasteiger partial charge >= 0.3 is 11.4 Å². The van der Waals surface area contributed by atoms with Crippen molar-refractivity contribution < 1.29 is 12.6 Å². The predicted molar refractivity (Wildman–Crippen MR) is 96.3 cm³/mol. The summed E-state index contributed by atoms with van der Waals surface area (Å²) in [5.41, 5.74) is 0.531. The van der Waals surface area contributed by atoms with Crippen molar-refractivity contribution in [3.63, 3.8) is 0 Å². The van der Waals surface area contributed by atoms with E-state index in [-0.39, 0.29) is 33.9 Å². The molecule has 0 aromatic carbocycles. The minimum Gasteiger partial charge on any atom is -0.264 e. The largest absolute Gasteiger partial charge is 0.305 e. The van der Waals surface area contributed by atoms with Gasteiger partial charge in [-0.15, -0.1) is 0 Å². The molecule has 0 amide bonds. The molecule has 3 nitrogen and oxygen atoms in total. The lowest BCUT2D eigenvalue weighted by molar-refractivity contribution is -0.0441. The monoisotopic (exact) mass is 354 g/mol. The summed E-state index contributed by atoms with van der Waals surface area (Å²) in [6.07, 6.45) is 7.44. The highest BCUT2D eigenvalue weighted by atomic mass is 32.2. The maximum absolute atomic E-state index is 12.8. The second-order valence-corrected chi connectivity index (χ2v) is 11.8. The summed E-state index contributed by atoms with van der Waals surface area (Å²) in [6, 6.07) is 0. The number of fused-ring (bicyclic) bond motifs is 4. The van der Waals surface area contributed by atoms with Crippen LogP contribution in [0.5, 0.6) is 0 Å². The molecule has 4 heteroatoms. The molecule has 0 aromatic heterocycles. The molecule has 6 atom stereocenters. The Bertz CT molecular complexity index is 514. The van der Waals surface area contributed by atoms with E-state index >= 15 is 0 Å². The van der Waals surface area contributed by atoms with Crippen LogP contribution in [0.4, 0.5) is 0 Å². The number of rotatable bonds is 4. The minimum absolute atomic E-state index is 0.0408. The molecule has 4 fully saturated rings. The third kappa shape index (κ3) is 2.24. The van der Waals surface area contributed by atoms with Gasteiger partial charge in [-0.05, 0) is 72.0 Å². The van der Waals surface area contributed by atoms with Crippen LogP contribution in [-0.2, 0) is 19.7 Å².